The van der Waals surface area contributed by atoms with Crippen molar-refractivity contribution >= 4 is 62.3 Å². The van der Waals surface area contributed by atoms with Gasteiger partial charge in [-0.05, 0) is 19.1 Å². The molecule has 4 rings (SSSR count). The molecule has 0 fully saturated rings. The first-order valence-corrected chi connectivity index (χ1v) is 9.34. The molecule has 0 saturated heterocycles. The Bertz CT molecular complexity index is 1160. The van der Waals surface area contributed by atoms with Crippen LogP contribution in [0, 0.1) is 0 Å². The number of fused-ring (bicyclic) bond motifs is 2. The third-order valence-electron chi connectivity index (χ3n) is 4.38. The fourth-order valence-electron chi connectivity index (χ4n) is 3.11. The average molecular weight is 413 g/mol. The molecule has 2 aromatic carbocycles. The van der Waals surface area contributed by atoms with Crippen LogP contribution in [0.1, 0.15) is 6.92 Å². The summed E-state index contributed by atoms with van der Waals surface area (Å²) in [4.78, 5) is 30.0. The van der Waals surface area contributed by atoms with E-state index in [0.29, 0.717) is 5.69 Å². The Morgan fingerprint density at radius 3 is 2.04 bits per heavy atom. The molecule has 28 heavy (non-hydrogen) atoms. The number of pyridine rings is 1. The minimum atomic E-state index is -0.627. The fourth-order valence-corrected chi connectivity index (χ4v) is 3.56. The molecule has 0 saturated carbocycles. The minimum Gasteiger partial charge on any atom is -0.488 e. The highest BCUT2D eigenvalue weighted by Crippen LogP contribution is 2.35. The number of carbonyl (C=O) groups excluding carboxylic acids is 2. The van der Waals surface area contributed by atoms with Crippen LogP contribution >= 0.6 is 23.2 Å². The second kappa shape index (κ2) is 7.26. The number of nitrogens with zero attached hydrogens (tertiary/aromatic N) is 1. The highest BCUT2D eigenvalue weighted by atomic mass is 35.5. The molecule has 0 bridgehead atoms. The third-order valence-corrected chi connectivity index (χ3v) is 5.08. The van der Waals surface area contributed by atoms with Gasteiger partial charge in [0, 0.05) is 10.8 Å². The summed E-state index contributed by atoms with van der Waals surface area (Å²) in [7, 11) is 0. The van der Waals surface area contributed by atoms with Crippen molar-refractivity contribution < 1.29 is 14.3 Å². The number of para-hydroxylation sites is 2. The number of nitrogens with one attached hydrogen (secondary N) is 1. The summed E-state index contributed by atoms with van der Waals surface area (Å²) in [5.74, 6) is -1.45. The summed E-state index contributed by atoms with van der Waals surface area (Å²) in [5, 5.41) is 4.07. The number of anilines is 1. The average Bonchev–Trinajstić information content (AvgIpc) is 2.72. The molecule has 0 aliphatic heterocycles. The Balaban J connectivity index is 1.90. The lowest BCUT2D eigenvalue weighted by atomic mass is 10.0. The summed E-state index contributed by atoms with van der Waals surface area (Å²) < 4.78 is 5.21. The lowest BCUT2D eigenvalue weighted by molar-refractivity contribution is -0.118. The van der Waals surface area contributed by atoms with Gasteiger partial charge in [0.1, 0.15) is 15.8 Å². The number of carbonyl (C=O) groups is 2. The molecule has 140 valence electrons. The Kier molecular flexibility index (Phi) is 4.79. The Hall–Kier alpha value is -2.89. The Morgan fingerprint density at radius 1 is 0.893 bits per heavy atom. The van der Waals surface area contributed by atoms with Crippen LogP contribution < -0.4 is 5.32 Å². The smallest absolute Gasteiger partial charge is 0.242 e. The Morgan fingerprint density at radius 2 is 1.46 bits per heavy atom. The summed E-state index contributed by atoms with van der Waals surface area (Å²) in [6, 6.07) is 15.0. The summed E-state index contributed by atoms with van der Waals surface area (Å²) in [6.07, 6.45) is 0. The van der Waals surface area contributed by atoms with Crippen LogP contribution in [0.25, 0.3) is 21.8 Å². The first-order chi connectivity index (χ1) is 13.5. The van der Waals surface area contributed by atoms with Gasteiger partial charge in [0.15, 0.2) is 5.76 Å². The first-order valence-electron chi connectivity index (χ1n) is 8.59. The van der Waals surface area contributed by atoms with Gasteiger partial charge in [-0.2, -0.15) is 0 Å². The molecule has 1 N–H and O–H groups in total. The van der Waals surface area contributed by atoms with Gasteiger partial charge < -0.3 is 10.1 Å². The molecule has 1 heterocycles. The number of allylic oxidation sites excluding steroid dienone is 2. The molecular formula is C21H14Cl2N2O3. The normalized spacial score (nSPS) is 15.0. The van der Waals surface area contributed by atoms with Crippen molar-refractivity contribution in [2.75, 3.05) is 11.9 Å². The minimum absolute atomic E-state index is 0.0818. The predicted octanol–water partition coefficient (Wildman–Crippen LogP) is 4.89. The van der Waals surface area contributed by atoms with E-state index in [-0.39, 0.29) is 28.1 Å². The number of ketones is 2. The van der Waals surface area contributed by atoms with E-state index in [0.717, 1.165) is 21.8 Å². The van der Waals surface area contributed by atoms with E-state index in [1.165, 1.54) is 0 Å². The van der Waals surface area contributed by atoms with Gasteiger partial charge in [0.05, 0.1) is 23.3 Å². The van der Waals surface area contributed by atoms with E-state index in [9.17, 15) is 9.59 Å². The maximum Gasteiger partial charge on any atom is 0.242 e. The van der Waals surface area contributed by atoms with Crippen molar-refractivity contribution in [3.05, 3.63) is 70.1 Å². The third kappa shape index (κ3) is 2.93. The zero-order valence-electron chi connectivity index (χ0n) is 14.8. The molecule has 1 aliphatic carbocycles. The standard InChI is InChI=1S/C21H14Cl2N2O3/c1-2-28-21-16(23)19(26)18(15(22)20(21)27)25-17-11-7-3-5-9-13(11)24-14-10-6-4-8-12(14)17/h3-10H,2H2,1H3,(H,24,25). The van der Waals surface area contributed by atoms with E-state index >= 15 is 0 Å². The van der Waals surface area contributed by atoms with Gasteiger partial charge in [-0.1, -0.05) is 59.6 Å². The first kappa shape index (κ1) is 18.5. The summed E-state index contributed by atoms with van der Waals surface area (Å²) >= 11 is 12.3. The molecule has 0 radical (unpaired) electrons. The second-order valence-corrected chi connectivity index (χ2v) is 6.83. The van der Waals surface area contributed by atoms with Crippen molar-refractivity contribution in [3.63, 3.8) is 0 Å². The molecular weight excluding hydrogens is 399 g/mol. The molecule has 1 aliphatic rings. The number of ether oxygens (including phenoxy) is 1. The molecule has 0 amide bonds. The van der Waals surface area contributed by atoms with Crippen molar-refractivity contribution in [3.8, 4) is 0 Å². The van der Waals surface area contributed by atoms with Gasteiger partial charge >= 0.3 is 0 Å². The predicted molar refractivity (Wildman–Crippen MR) is 110 cm³/mol. The van der Waals surface area contributed by atoms with Crippen LogP contribution in [-0.2, 0) is 14.3 Å². The zero-order chi connectivity index (χ0) is 19.8. The molecule has 0 unspecified atom stereocenters. The Labute approximate surface area is 170 Å². The maximum atomic E-state index is 12.8. The van der Waals surface area contributed by atoms with Gasteiger partial charge in [-0.3, -0.25) is 9.59 Å². The van der Waals surface area contributed by atoms with Gasteiger partial charge in [0.2, 0.25) is 11.6 Å². The number of hydrogen-bond donors (Lipinski definition) is 1. The number of Topliss-reactive ketones (excluding diaryl/α,β-unsaturated/α-hetero) is 2. The van der Waals surface area contributed by atoms with E-state index in [4.69, 9.17) is 27.9 Å². The molecule has 5 nitrogen and oxygen atoms in total. The van der Waals surface area contributed by atoms with Crippen LogP contribution in [0.15, 0.2) is 70.1 Å². The highest BCUT2D eigenvalue weighted by molar-refractivity contribution is 6.56. The second-order valence-electron chi connectivity index (χ2n) is 6.07. The summed E-state index contributed by atoms with van der Waals surface area (Å²) in [5.41, 5.74) is 2.03. The molecule has 3 aromatic rings. The van der Waals surface area contributed by atoms with Crippen molar-refractivity contribution in [1.29, 1.82) is 0 Å². The largest absolute Gasteiger partial charge is 0.488 e. The number of hydrogen-bond acceptors (Lipinski definition) is 5. The lowest BCUT2D eigenvalue weighted by Crippen LogP contribution is -2.25. The van der Waals surface area contributed by atoms with E-state index in [2.05, 4.69) is 10.3 Å². The molecule has 1 aromatic heterocycles. The quantitative estimate of drug-likeness (QED) is 0.487. The number of benzene rings is 2. The molecule has 0 spiro atoms. The number of aromatic nitrogens is 1. The van der Waals surface area contributed by atoms with E-state index < -0.39 is 11.6 Å². The SMILES string of the molecule is CCOC1=C(Cl)C(=O)C(Nc2c3ccccc3nc3ccccc23)=C(Cl)C1=O. The summed E-state index contributed by atoms with van der Waals surface area (Å²) in [6.45, 7) is 1.88. The lowest BCUT2D eigenvalue weighted by Gasteiger charge is -2.20. The van der Waals surface area contributed by atoms with E-state index in [1.54, 1.807) is 6.92 Å². The van der Waals surface area contributed by atoms with Gasteiger partial charge in [0.25, 0.3) is 0 Å². The number of rotatable bonds is 4. The van der Waals surface area contributed by atoms with Crippen LogP contribution in [0.5, 0.6) is 0 Å². The van der Waals surface area contributed by atoms with E-state index in [1.807, 2.05) is 48.5 Å². The molecule has 7 heteroatoms. The number of halogens is 2. The van der Waals surface area contributed by atoms with Crippen LogP contribution in [-0.4, -0.2) is 23.2 Å². The topological polar surface area (TPSA) is 68.3 Å². The molecule has 0 atom stereocenters. The highest BCUT2D eigenvalue weighted by Gasteiger charge is 2.35. The van der Waals surface area contributed by atoms with Crippen LogP contribution in [0.2, 0.25) is 0 Å². The van der Waals surface area contributed by atoms with Crippen LogP contribution in [0.3, 0.4) is 0 Å². The van der Waals surface area contributed by atoms with Crippen molar-refractivity contribution in [1.82, 2.24) is 4.98 Å². The fraction of sp³-hybridized carbons (Fsp3) is 0.0952. The van der Waals surface area contributed by atoms with Gasteiger partial charge in [-0.25, -0.2) is 4.98 Å². The maximum absolute atomic E-state index is 12.8. The monoisotopic (exact) mass is 412 g/mol. The van der Waals surface area contributed by atoms with Crippen LogP contribution in [0.4, 0.5) is 5.69 Å². The van der Waals surface area contributed by atoms with Gasteiger partial charge in [-0.15, -0.1) is 0 Å². The van der Waals surface area contributed by atoms with Crippen molar-refractivity contribution in [2.24, 2.45) is 0 Å². The van der Waals surface area contributed by atoms with Crippen molar-refractivity contribution in [2.45, 2.75) is 6.92 Å². The zero-order valence-corrected chi connectivity index (χ0v) is 16.3.